The van der Waals surface area contributed by atoms with Crippen molar-refractivity contribution in [3.8, 4) is 0 Å². The number of aliphatic imine (C=N–C) groups is 1. The van der Waals surface area contributed by atoms with Gasteiger partial charge in [-0.1, -0.05) is 26.0 Å². The molecule has 0 amide bonds. The first-order valence-corrected chi connectivity index (χ1v) is 7.63. The maximum atomic E-state index is 11.9. The number of methoxy groups -OCH3 is 1. The van der Waals surface area contributed by atoms with E-state index in [0.717, 1.165) is 0 Å². The van der Waals surface area contributed by atoms with Crippen LogP contribution in [0.3, 0.4) is 0 Å². The smallest absolute Gasteiger partial charge is 0.263 e. The fourth-order valence-electron chi connectivity index (χ4n) is 1.95. The fraction of sp³-hybridized carbons (Fsp3) is 0.462. The van der Waals surface area contributed by atoms with Gasteiger partial charge in [0, 0.05) is 12.7 Å². The van der Waals surface area contributed by atoms with Crippen molar-refractivity contribution in [3.63, 3.8) is 0 Å². The monoisotopic (exact) mass is 282 g/mol. The molecule has 1 heterocycles. The standard InChI is InChI=1S/C13H18N2O3S/c1-9(2)11(8-18-3)14-13-10-6-4-5-7-12(10)19(16,17)15-13/h4-7,9,11H,8H2,1-3H3,(H,14,15). The quantitative estimate of drug-likeness (QED) is 0.907. The van der Waals surface area contributed by atoms with Crippen molar-refractivity contribution in [2.45, 2.75) is 24.8 Å². The van der Waals surface area contributed by atoms with E-state index in [-0.39, 0.29) is 16.9 Å². The number of ether oxygens (including phenoxy) is 1. The number of hydrogen-bond donors (Lipinski definition) is 1. The lowest BCUT2D eigenvalue weighted by molar-refractivity contribution is 0.165. The first kappa shape index (κ1) is 14.0. The highest BCUT2D eigenvalue weighted by atomic mass is 32.2. The molecule has 0 aromatic heterocycles. The molecule has 0 saturated carbocycles. The van der Waals surface area contributed by atoms with Crippen molar-refractivity contribution < 1.29 is 13.2 Å². The average molecular weight is 282 g/mol. The molecule has 0 spiro atoms. The molecule has 1 atom stereocenters. The Morgan fingerprint density at radius 3 is 2.63 bits per heavy atom. The second kappa shape index (κ2) is 5.30. The van der Waals surface area contributed by atoms with Crippen LogP contribution in [0.25, 0.3) is 0 Å². The van der Waals surface area contributed by atoms with Gasteiger partial charge < -0.3 is 4.74 Å². The number of hydrogen-bond acceptors (Lipinski definition) is 4. The number of fused-ring (bicyclic) bond motifs is 1. The van der Waals surface area contributed by atoms with Crippen LogP contribution in [0.2, 0.25) is 0 Å². The minimum Gasteiger partial charge on any atom is -0.382 e. The van der Waals surface area contributed by atoms with E-state index in [1.807, 2.05) is 13.8 Å². The highest BCUT2D eigenvalue weighted by Crippen LogP contribution is 2.23. The summed E-state index contributed by atoms with van der Waals surface area (Å²) in [6.07, 6.45) is 0. The second-order valence-corrected chi connectivity index (χ2v) is 6.50. The van der Waals surface area contributed by atoms with Crippen molar-refractivity contribution in [1.82, 2.24) is 4.72 Å². The third-order valence-electron chi connectivity index (χ3n) is 3.06. The Bertz CT molecular complexity index is 594. The van der Waals surface area contributed by atoms with Gasteiger partial charge in [0.2, 0.25) is 0 Å². The van der Waals surface area contributed by atoms with Gasteiger partial charge in [-0.25, -0.2) is 8.42 Å². The Hall–Kier alpha value is -1.40. The van der Waals surface area contributed by atoms with Crippen LogP contribution in [0, 0.1) is 5.92 Å². The lowest BCUT2D eigenvalue weighted by Gasteiger charge is -2.16. The summed E-state index contributed by atoms with van der Waals surface area (Å²) in [5.41, 5.74) is 0.629. The van der Waals surface area contributed by atoms with Crippen molar-refractivity contribution in [1.29, 1.82) is 0 Å². The van der Waals surface area contributed by atoms with Crippen molar-refractivity contribution in [2.24, 2.45) is 10.9 Å². The molecule has 104 valence electrons. The number of nitrogens with zero attached hydrogens (tertiary/aromatic N) is 1. The Labute approximate surface area is 113 Å². The van der Waals surface area contributed by atoms with Crippen LogP contribution in [-0.4, -0.2) is 34.0 Å². The first-order valence-electron chi connectivity index (χ1n) is 6.14. The Morgan fingerprint density at radius 2 is 2.00 bits per heavy atom. The Morgan fingerprint density at radius 1 is 1.32 bits per heavy atom. The van der Waals surface area contributed by atoms with Crippen LogP contribution in [0.4, 0.5) is 0 Å². The van der Waals surface area contributed by atoms with Crippen LogP contribution in [0.5, 0.6) is 0 Å². The number of rotatable bonds is 4. The maximum absolute atomic E-state index is 11.9. The van der Waals surface area contributed by atoms with Crippen LogP contribution in [-0.2, 0) is 14.8 Å². The predicted molar refractivity (Wildman–Crippen MR) is 73.8 cm³/mol. The second-order valence-electron chi connectivity index (χ2n) is 4.85. The molecule has 1 aliphatic rings. The molecule has 1 aromatic carbocycles. The summed E-state index contributed by atoms with van der Waals surface area (Å²) in [6.45, 7) is 4.53. The highest BCUT2D eigenvalue weighted by molar-refractivity contribution is 7.90. The third-order valence-corrected chi connectivity index (χ3v) is 4.46. The van der Waals surface area contributed by atoms with Gasteiger partial charge in [0.1, 0.15) is 5.84 Å². The van der Waals surface area contributed by atoms with E-state index >= 15 is 0 Å². The summed E-state index contributed by atoms with van der Waals surface area (Å²) >= 11 is 0. The van der Waals surface area contributed by atoms with Crippen LogP contribution in [0.15, 0.2) is 34.2 Å². The molecule has 2 rings (SSSR count). The van der Waals surface area contributed by atoms with Crippen molar-refractivity contribution in [2.75, 3.05) is 13.7 Å². The average Bonchev–Trinajstić information content (AvgIpc) is 2.61. The van der Waals surface area contributed by atoms with E-state index in [1.165, 1.54) is 0 Å². The van der Waals surface area contributed by atoms with Gasteiger partial charge in [-0.15, -0.1) is 0 Å². The normalized spacial score (nSPS) is 20.3. The van der Waals surface area contributed by atoms with E-state index < -0.39 is 10.0 Å². The number of amidine groups is 1. The van der Waals surface area contributed by atoms with Gasteiger partial charge in [-0.3, -0.25) is 9.71 Å². The van der Waals surface area contributed by atoms with Crippen LogP contribution >= 0.6 is 0 Å². The Balaban J connectivity index is 2.43. The molecule has 0 fully saturated rings. The Kier molecular flexibility index (Phi) is 3.91. The zero-order valence-corrected chi connectivity index (χ0v) is 12.1. The van der Waals surface area contributed by atoms with Crippen LogP contribution in [0.1, 0.15) is 19.4 Å². The van der Waals surface area contributed by atoms with Gasteiger partial charge in [-0.05, 0) is 18.1 Å². The van der Waals surface area contributed by atoms with E-state index in [2.05, 4.69) is 9.71 Å². The minimum absolute atomic E-state index is 0.0751. The molecule has 19 heavy (non-hydrogen) atoms. The molecule has 0 bridgehead atoms. The zero-order chi connectivity index (χ0) is 14.0. The van der Waals surface area contributed by atoms with Gasteiger partial charge in [0.15, 0.2) is 0 Å². The number of nitrogens with one attached hydrogen (secondary N) is 1. The molecule has 0 radical (unpaired) electrons. The largest absolute Gasteiger partial charge is 0.382 e. The summed E-state index contributed by atoms with van der Waals surface area (Å²) in [7, 11) is -1.85. The third kappa shape index (κ3) is 2.79. The van der Waals surface area contributed by atoms with E-state index in [1.54, 1.807) is 31.4 Å². The molecule has 0 aliphatic carbocycles. The molecule has 1 unspecified atom stereocenters. The van der Waals surface area contributed by atoms with Gasteiger partial charge >= 0.3 is 0 Å². The predicted octanol–water partition coefficient (Wildman–Crippen LogP) is 1.40. The van der Waals surface area contributed by atoms with Gasteiger partial charge in [0.25, 0.3) is 10.0 Å². The number of benzene rings is 1. The molecule has 1 N–H and O–H groups in total. The van der Waals surface area contributed by atoms with Crippen molar-refractivity contribution >= 4 is 15.9 Å². The fourth-order valence-corrected chi connectivity index (χ4v) is 3.18. The van der Waals surface area contributed by atoms with Gasteiger partial charge in [0.05, 0.1) is 17.5 Å². The molecule has 1 aromatic rings. The molecule has 6 heteroatoms. The molecule has 0 saturated heterocycles. The molecule has 1 aliphatic heterocycles. The van der Waals surface area contributed by atoms with Gasteiger partial charge in [-0.2, -0.15) is 0 Å². The summed E-state index contributed by atoms with van der Waals surface area (Å²) in [5, 5.41) is 0. The topological polar surface area (TPSA) is 67.8 Å². The van der Waals surface area contributed by atoms with E-state index in [0.29, 0.717) is 18.0 Å². The maximum Gasteiger partial charge on any atom is 0.263 e. The van der Waals surface area contributed by atoms with Crippen LogP contribution < -0.4 is 4.72 Å². The minimum atomic E-state index is -3.46. The zero-order valence-electron chi connectivity index (χ0n) is 11.3. The highest BCUT2D eigenvalue weighted by Gasteiger charge is 2.31. The SMILES string of the molecule is COCC(N=C1NS(=O)(=O)c2ccccc21)C(C)C. The lowest BCUT2D eigenvalue weighted by atomic mass is 10.1. The van der Waals surface area contributed by atoms with Crippen molar-refractivity contribution in [3.05, 3.63) is 29.8 Å². The summed E-state index contributed by atoms with van der Waals surface area (Å²) in [4.78, 5) is 4.79. The summed E-state index contributed by atoms with van der Waals surface area (Å²) in [5.74, 6) is 0.677. The van der Waals surface area contributed by atoms with E-state index in [4.69, 9.17) is 4.74 Å². The summed E-state index contributed by atoms with van der Waals surface area (Å²) < 4.78 is 31.5. The lowest BCUT2D eigenvalue weighted by Crippen LogP contribution is -2.27. The number of sulfonamides is 1. The van der Waals surface area contributed by atoms with E-state index in [9.17, 15) is 8.42 Å². The summed E-state index contributed by atoms with van der Waals surface area (Å²) in [6, 6.07) is 6.78. The first-order chi connectivity index (χ1) is 8.95. The molecular weight excluding hydrogens is 264 g/mol. The molecular formula is C13H18N2O3S. The molecule has 5 nitrogen and oxygen atoms in total.